The summed E-state index contributed by atoms with van der Waals surface area (Å²) in [6.45, 7) is 9.76. The minimum Gasteiger partial charge on any atom is -0.377 e. The molecular weight excluding hydrogens is 444 g/mol. The fourth-order valence-electron chi connectivity index (χ4n) is 4.40. The quantitative estimate of drug-likeness (QED) is 0.117. The molecule has 0 aliphatic carbocycles. The van der Waals surface area contributed by atoms with Gasteiger partial charge in [-0.1, -0.05) is 65.2 Å². The van der Waals surface area contributed by atoms with E-state index in [9.17, 15) is 0 Å². The summed E-state index contributed by atoms with van der Waals surface area (Å²) in [6.07, 6.45) is 27.0. The zero-order valence-corrected chi connectivity index (χ0v) is 23.5. The maximum atomic E-state index is 5.87. The van der Waals surface area contributed by atoms with Gasteiger partial charge >= 0.3 is 0 Å². The number of pyridine rings is 2. The van der Waals surface area contributed by atoms with Crippen LogP contribution < -0.4 is 9.13 Å². The number of unbranched alkanes of at least 4 members (excludes halogenated alkanes) is 11. The van der Waals surface area contributed by atoms with Crippen LogP contribution in [0, 0.1) is 0 Å². The van der Waals surface area contributed by atoms with E-state index < -0.39 is 0 Å². The van der Waals surface area contributed by atoms with E-state index in [-0.39, 0.29) is 0 Å². The summed E-state index contributed by atoms with van der Waals surface area (Å²) in [5.41, 5.74) is 2.51. The Labute approximate surface area is 222 Å². The summed E-state index contributed by atoms with van der Waals surface area (Å²) in [5, 5.41) is 0. The molecule has 0 aliphatic heterocycles. The van der Waals surface area contributed by atoms with E-state index in [0.29, 0.717) is 13.2 Å². The van der Waals surface area contributed by atoms with Crippen molar-refractivity contribution < 1.29 is 18.6 Å². The highest BCUT2D eigenvalue weighted by atomic mass is 16.5. The molecular formula is C32H54N2O2+2. The lowest BCUT2D eigenvalue weighted by atomic mass is 10.1. The molecule has 202 valence electrons. The highest BCUT2D eigenvalue weighted by Gasteiger charge is 2.03. The molecule has 0 N–H and O–H groups in total. The lowest BCUT2D eigenvalue weighted by Crippen LogP contribution is -2.32. The number of aromatic nitrogens is 2. The Hall–Kier alpha value is -1.78. The SMILES string of the molecule is CCCCCCCC[n+]1ccc(COCCCCOCc2cc[n+](CCCCCCCC)cc2)cc1. The van der Waals surface area contributed by atoms with Gasteiger partial charge in [0.25, 0.3) is 0 Å². The lowest BCUT2D eigenvalue weighted by molar-refractivity contribution is -0.697. The van der Waals surface area contributed by atoms with Gasteiger partial charge in [0, 0.05) is 50.3 Å². The predicted octanol–water partition coefficient (Wildman–Crippen LogP) is 7.50. The molecule has 0 amide bonds. The molecule has 2 rings (SSSR count). The molecule has 4 heteroatoms. The van der Waals surface area contributed by atoms with Crippen LogP contribution in [-0.2, 0) is 35.8 Å². The second-order valence-corrected chi connectivity index (χ2v) is 10.2. The molecule has 36 heavy (non-hydrogen) atoms. The molecule has 0 aromatic carbocycles. The van der Waals surface area contributed by atoms with Crippen LogP contribution >= 0.6 is 0 Å². The van der Waals surface area contributed by atoms with Crippen molar-refractivity contribution >= 4 is 0 Å². The molecule has 2 aromatic rings. The number of ether oxygens (including phenoxy) is 2. The van der Waals surface area contributed by atoms with E-state index >= 15 is 0 Å². The normalized spacial score (nSPS) is 11.3. The third-order valence-corrected chi connectivity index (χ3v) is 6.82. The summed E-state index contributed by atoms with van der Waals surface area (Å²) in [6, 6.07) is 8.77. The number of aryl methyl sites for hydroxylation is 2. The molecule has 0 spiro atoms. The van der Waals surface area contributed by atoms with Crippen molar-refractivity contribution in [1.82, 2.24) is 0 Å². The standard InChI is InChI=1S/C32H54N2O2/c1-3-5-7-9-11-13-21-33-23-17-31(18-24-33)29-35-27-15-16-28-36-30-32-19-25-34(26-20-32)22-14-12-10-8-6-4-2/h17-20,23-26H,3-16,21-22,27-30H2,1-2H3/q+2. The fourth-order valence-corrected chi connectivity index (χ4v) is 4.40. The van der Waals surface area contributed by atoms with Gasteiger partial charge in [-0.3, -0.25) is 0 Å². The first-order chi connectivity index (χ1) is 17.8. The molecule has 4 nitrogen and oxygen atoms in total. The molecule has 0 saturated heterocycles. The third-order valence-electron chi connectivity index (χ3n) is 6.82. The zero-order valence-electron chi connectivity index (χ0n) is 23.5. The van der Waals surface area contributed by atoms with Crippen molar-refractivity contribution in [2.75, 3.05) is 13.2 Å². The maximum absolute atomic E-state index is 5.87. The Kier molecular flexibility index (Phi) is 18.0. The molecule has 0 atom stereocenters. The Balaban J connectivity index is 1.43. The van der Waals surface area contributed by atoms with Gasteiger partial charge in [0.05, 0.1) is 13.2 Å². The van der Waals surface area contributed by atoms with E-state index in [1.165, 1.54) is 88.2 Å². The van der Waals surface area contributed by atoms with Crippen LogP contribution in [0.3, 0.4) is 0 Å². The molecule has 0 unspecified atom stereocenters. The molecule has 2 heterocycles. The van der Waals surface area contributed by atoms with Gasteiger partial charge in [-0.25, -0.2) is 9.13 Å². The smallest absolute Gasteiger partial charge is 0.169 e. The van der Waals surface area contributed by atoms with Crippen molar-refractivity contribution in [2.24, 2.45) is 0 Å². The molecule has 0 radical (unpaired) electrons. The van der Waals surface area contributed by atoms with Crippen LogP contribution in [0.5, 0.6) is 0 Å². The van der Waals surface area contributed by atoms with Gasteiger partial charge in [0.1, 0.15) is 13.1 Å². The fraction of sp³-hybridized carbons (Fsp3) is 0.688. The summed E-state index contributed by atoms with van der Waals surface area (Å²) in [7, 11) is 0. The van der Waals surface area contributed by atoms with E-state index in [0.717, 1.165) is 39.1 Å². The largest absolute Gasteiger partial charge is 0.377 e. The van der Waals surface area contributed by atoms with Crippen molar-refractivity contribution in [2.45, 2.75) is 130 Å². The summed E-state index contributed by atoms with van der Waals surface area (Å²) in [5.74, 6) is 0. The highest BCUT2D eigenvalue weighted by Crippen LogP contribution is 2.07. The highest BCUT2D eigenvalue weighted by molar-refractivity contribution is 5.06. The van der Waals surface area contributed by atoms with Crippen LogP contribution in [0.1, 0.15) is 115 Å². The maximum Gasteiger partial charge on any atom is 0.169 e. The summed E-state index contributed by atoms with van der Waals surface area (Å²) < 4.78 is 16.3. The lowest BCUT2D eigenvalue weighted by Gasteiger charge is -2.06. The molecule has 0 fully saturated rings. The third kappa shape index (κ3) is 15.4. The van der Waals surface area contributed by atoms with E-state index in [1.54, 1.807) is 0 Å². The zero-order chi connectivity index (χ0) is 25.5. The summed E-state index contributed by atoms with van der Waals surface area (Å²) in [4.78, 5) is 0. The first kappa shape index (κ1) is 30.4. The van der Waals surface area contributed by atoms with Crippen LogP contribution in [0.2, 0.25) is 0 Å². The molecule has 0 aliphatic rings. The molecule has 0 bridgehead atoms. The first-order valence-electron chi connectivity index (χ1n) is 14.9. The Morgan fingerprint density at radius 3 is 1.22 bits per heavy atom. The van der Waals surface area contributed by atoms with Crippen molar-refractivity contribution in [3.8, 4) is 0 Å². The number of nitrogens with zero attached hydrogens (tertiary/aromatic N) is 2. The number of hydrogen-bond acceptors (Lipinski definition) is 2. The average molecular weight is 499 g/mol. The number of hydrogen-bond donors (Lipinski definition) is 0. The molecule has 2 aromatic heterocycles. The van der Waals surface area contributed by atoms with Crippen LogP contribution in [0.15, 0.2) is 49.1 Å². The topological polar surface area (TPSA) is 26.2 Å². The van der Waals surface area contributed by atoms with E-state index in [2.05, 4.69) is 72.0 Å². The summed E-state index contributed by atoms with van der Waals surface area (Å²) >= 11 is 0. The van der Waals surface area contributed by atoms with Crippen LogP contribution in [-0.4, -0.2) is 13.2 Å². The van der Waals surface area contributed by atoms with Crippen LogP contribution in [0.4, 0.5) is 0 Å². The Morgan fingerprint density at radius 1 is 0.472 bits per heavy atom. The number of rotatable bonds is 23. The monoisotopic (exact) mass is 498 g/mol. The van der Waals surface area contributed by atoms with E-state index in [4.69, 9.17) is 9.47 Å². The minimum atomic E-state index is 0.696. The van der Waals surface area contributed by atoms with Crippen molar-refractivity contribution in [3.63, 3.8) is 0 Å². The molecule has 0 saturated carbocycles. The van der Waals surface area contributed by atoms with Gasteiger partial charge in [0.2, 0.25) is 0 Å². The van der Waals surface area contributed by atoms with Gasteiger partial charge < -0.3 is 9.47 Å². The Morgan fingerprint density at radius 2 is 0.833 bits per heavy atom. The predicted molar refractivity (Wildman–Crippen MR) is 149 cm³/mol. The van der Waals surface area contributed by atoms with Crippen molar-refractivity contribution in [3.05, 3.63) is 60.2 Å². The second kappa shape index (κ2) is 21.3. The minimum absolute atomic E-state index is 0.696. The van der Waals surface area contributed by atoms with Crippen LogP contribution in [0.25, 0.3) is 0 Å². The first-order valence-corrected chi connectivity index (χ1v) is 14.9. The second-order valence-electron chi connectivity index (χ2n) is 10.2. The van der Waals surface area contributed by atoms with Gasteiger partial charge in [-0.05, 0) is 36.8 Å². The average Bonchev–Trinajstić information content (AvgIpc) is 2.91. The van der Waals surface area contributed by atoms with Gasteiger partial charge in [-0.15, -0.1) is 0 Å². The van der Waals surface area contributed by atoms with Crippen molar-refractivity contribution in [1.29, 1.82) is 0 Å². The van der Waals surface area contributed by atoms with E-state index in [1.807, 2.05) is 0 Å². The van der Waals surface area contributed by atoms with Gasteiger partial charge in [-0.2, -0.15) is 0 Å². The van der Waals surface area contributed by atoms with Gasteiger partial charge in [0.15, 0.2) is 24.8 Å². The Bertz CT molecular complexity index is 680.